The van der Waals surface area contributed by atoms with Crippen LogP contribution in [0.15, 0.2) is 65.8 Å². The Labute approximate surface area is 231 Å². The van der Waals surface area contributed by atoms with Crippen LogP contribution in [0.25, 0.3) is 10.9 Å². The lowest BCUT2D eigenvalue weighted by molar-refractivity contribution is -0.115. The fourth-order valence-corrected chi connectivity index (χ4v) is 5.13. The first kappa shape index (κ1) is 26.4. The summed E-state index contributed by atoms with van der Waals surface area (Å²) in [6.07, 6.45) is 1.37. The van der Waals surface area contributed by atoms with Crippen molar-refractivity contribution in [1.82, 2.24) is 9.97 Å². The first-order valence-electron chi connectivity index (χ1n) is 12.7. The van der Waals surface area contributed by atoms with E-state index < -0.39 is 0 Å². The fourth-order valence-electron chi connectivity index (χ4n) is 4.25. The third-order valence-electron chi connectivity index (χ3n) is 6.29. The minimum absolute atomic E-state index is 0.124. The normalized spacial score (nSPS) is 12.7. The Hall–Kier alpha value is -4.18. The number of fused-ring (bicyclic) bond motifs is 2. The molecule has 5 rings (SSSR count). The summed E-state index contributed by atoms with van der Waals surface area (Å²) in [5.74, 6) is 3.30. The number of aromatic nitrogens is 2. The molecule has 2 N–H and O–H groups in total. The lowest BCUT2D eigenvalue weighted by Gasteiger charge is -2.16. The zero-order chi connectivity index (χ0) is 27.2. The van der Waals surface area contributed by atoms with Crippen molar-refractivity contribution in [2.24, 2.45) is 0 Å². The molecule has 1 aliphatic rings. The number of anilines is 2. The average Bonchev–Trinajstić information content (AvgIpc) is 3.43. The van der Waals surface area contributed by atoms with Crippen molar-refractivity contribution < 1.29 is 23.7 Å². The third-order valence-corrected chi connectivity index (χ3v) is 7.51. The van der Waals surface area contributed by atoms with Gasteiger partial charge in [-0.25, -0.2) is 9.97 Å². The Bertz CT molecular complexity index is 1480. The summed E-state index contributed by atoms with van der Waals surface area (Å²) in [4.78, 5) is 22.7. The summed E-state index contributed by atoms with van der Waals surface area (Å²) in [7, 11) is 3.25. The second-order valence-electron chi connectivity index (χ2n) is 8.81. The smallest absolute Gasteiger partial charge is 0.237 e. The number of hydrogen-bond donors (Lipinski definition) is 2. The number of benzene rings is 3. The Morgan fingerprint density at radius 1 is 1.00 bits per heavy atom. The maximum Gasteiger partial charge on any atom is 0.237 e. The number of carbonyl (C=O) groups excluding carboxylic acids is 1. The SMILES string of the molecule is CCC(Sc1nc(NCCc2ccc(OC)c(OC)c2)c2ccccc2n1)C(=O)Nc1ccc2c(c1)OCO2. The predicted molar refractivity (Wildman–Crippen MR) is 152 cm³/mol. The summed E-state index contributed by atoms with van der Waals surface area (Å²) in [5.41, 5.74) is 2.58. The highest BCUT2D eigenvalue weighted by molar-refractivity contribution is 8.00. The molecule has 202 valence electrons. The Morgan fingerprint density at radius 3 is 2.64 bits per heavy atom. The van der Waals surface area contributed by atoms with Gasteiger partial charge in [0.2, 0.25) is 12.7 Å². The molecular weight excluding hydrogens is 516 g/mol. The minimum atomic E-state index is -0.379. The molecule has 3 aromatic carbocycles. The van der Waals surface area contributed by atoms with Crippen molar-refractivity contribution in [1.29, 1.82) is 0 Å². The van der Waals surface area contributed by atoms with Crippen LogP contribution in [0.4, 0.5) is 11.5 Å². The van der Waals surface area contributed by atoms with E-state index in [-0.39, 0.29) is 18.0 Å². The van der Waals surface area contributed by atoms with E-state index in [0.717, 1.165) is 28.7 Å². The molecular formula is C29H30N4O5S. The van der Waals surface area contributed by atoms with E-state index in [2.05, 4.69) is 10.6 Å². The van der Waals surface area contributed by atoms with Gasteiger partial charge in [-0.05, 0) is 54.8 Å². The number of hydrogen-bond acceptors (Lipinski definition) is 9. The number of ether oxygens (including phenoxy) is 4. The van der Waals surface area contributed by atoms with Gasteiger partial charge in [0, 0.05) is 23.7 Å². The number of thioether (sulfide) groups is 1. The van der Waals surface area contributed by atoms with Gasteiger partial charge in [0.05, 0.1) is 25.0 Å². The van der Waals surface area contributed by atoms with Gasteiger partial charge in [0.25, 0.3) is 0 Å². The molecule has 0 radical (unpaired) electrons. The van der Waals surface area contributed by atoms with Gasteiger partial charge in [-0.3, -0.25) is 4.79 Å². The highest BCUT2D eigenvalue weighted by Gasteiger charge is 2.22. The third kappa shape index (κ3) is 6.12. The van der Waals surface area contributed by atoms with Crippen molar-refractivity contribution in [3.63, 3.8) is 0 Å². The molecule has 39 heavy (non-hydrogen) atoms. The molecule has 1 amide bonds. The van der Waals surface area contributed by atoms with E-state index in [1.54, 1.807) is 32.4 Å². The second kappa shape index (κ2) is 12.1. The molecule has 1 aromatic heterocycles. The summed E-state index contributed by atoms with van der Waals surface area (Å²) in [5, 5.41) is 7.52. The van der Waals surface area contributed by atoms with E-state index >= 15 is 0 Å². The van der Waals surface area contributed by atoms with Crippen LogP contribution in [0.2, 0.25) is 0 Å². The van der Waals surface area contributed by atoms with E-state index in [9.17, 15) is 4.79 Å². The van der Waals surface area contributed by atoms with Crippen LogP contribution in [0, 0.1) is 0 Å². The van der Waals surface area contributed by atoms with Gasteiger partial charge in [0.15, 0.2) is 28.2 Å². The summed E-state index contributed by atoms with van der Waals surface area (Å²) >= 11 is 1.35. The Balaban J connectivity index is 1.29. The monoisotopic (exact) mass is 546 g/mol. The van der Waals surface area contributed by atoms with E-state index in [1.807, 2.05) is 49.4 Å². The zero-order valence-corrected chi connectivity index (χ0v) is 22.8. The Kier molecular flexibility index (Phi) is 8.21. The standard InChI is InChI=1S/C29H30N4O5S/c1-4-26(28(34)31-19-10-12-23-25(16-19)38-17-37-23)39-29-32-21-8-6-5-7-20(21)27(33-29)30-14-13-18-9-11-22(35-2)24(15-18)36-3/h5-12,15-16,26H,4,13-14,17H2,1-3H3,(H,31,34)(H,30,32,33). The van der Waals surface area contributed by atoms with Crippen LogP contribution >= 0.6 is 11.8 Å². The van der Waals surface area contributed by atoms with Gasteiger partial charge < -0.3 is 29.6 Å². The van der Waals surface area contributed by atoms with E-state index in [0.29, 0.717) is 46.8 Å². The first-order valence-corrected chi connectivity index (χ1v) is 13.5. The number of amides is 1. The van der Waals surface area contributed by atoms with Gasteiger partial charge >= 0.3 is 0 Å². The second-order valence-corrected chi connectivity index (χ2v) is 9.98. The lowest BCUT2D eigenvalue weighted by Crippen LogP contribution is -2.25. The molecule has 0 bridgehead atoms. The summed E-state index contributed by atoms with van der Waals surface area (Å²) in [6.45, 7) is 2.81. The van der Waals surface area contributed by atoms with E-state index in [4.69, 9.17) is 28.9 Å². The summed E-state index contributed by atoms with van der Waals surface area (Å²) in [6, 6.07) is 19.1. The van der Waals surface area contributed by atoms with Gasteiger partial charge in [0.1, 0.15) is 5.82 Å². The van der Waals surface area contributed by atoms with Crippen molar-refractivity contribution in [3.8, 4) is 23.0 Å². The van der Waals surface area contributed by atoms with Crippen LogP contribution in [0.5, 0.6) is 23.0 Å². The van der Waals surface area contributed by atoms with Gasteiger partial charge in [-0.1, -0.05) is 36.9 Å². The Morgan fingerprint density at radius 2 is 1.82 bits per heavy atom. The minimum Gasteiger partial charge on any atom is -0.493 e. The van der Waals surface area contributed by atoms with Crippen molar-refractivity contribution >= 4 is 40.1 Å². The number of nitrogens with one attached hydrogen (secondary N) is 2. The van der Waals surface area contributed by atoms with Crippen LogP contribution in [0.1, 0.15) is 18.9 Å². The molecule has 1 atom stereocenters. The maximum atomic E-state index is 13.1. The molecule has 0 saturated carbocycles. The molecule has 0 fully saturated rings. The highest BCUT2D eigenvalue weighted by atomic mass is 32.2. The molecule has 9 nitrogen and oxygen atoms in total. The van der Waals surface area contributed by atoms with Crippen LogP contribution in [-0.4, -0.2) is 48.7 Å². The number of para-hydroxylation sites is 1. The van der Waals surface area contributed by atoms with Crippen molar-refractivity contribution in [2.45, 2.75) is 30.2 Å². The molecule has 0 spiro atoms. The molecule has 2 heterocycles. The predicted octanol–water partition coefficient (Wildman–Crippen LogP) is 5.54. The van der Waals surface area contributed by atoms with Gasteiger partial charge in [-0.2, -0.15) is 0 Å². The van der Waals surface area contributed by atoms with Crippen molar-refractivity contribution in [3.05, 3.63) is 66.2 Å². The van der Waals surface area contributed by atoms with Crippen LogP contribution < -0.4 is 29.6 Å². The van der Waals surface area contributed by atoms with Crippen LogP contribution in [-0.2, 0) is 11.2 Å². The quantitative estimate of drug-likeness (QED) is 0.185. The van der Waals surface area contributed by atoms with E-state index in [1.165, 1.54) is 11.8 Å². The number of rotatable bonds is 11. The maximum absolute atomic E-state index is 13.1. The van der Waals surface area contributed by atoms with Gasteiger partial charge in [-0.15, -0.1) is 0 Å². The van der Waals surface area contributed by atoms with Crippen LogP contribution in [0.3, 0.4) is 0 Å². The molecule has 10 heteroatoms. The first-order chi connectivity index (χ1) is 19.1. The lowest BCUT2D eigenvalue weighted by atomic mass is 10.1. The molecule has 1 aliphatic heterocycles. The summed E-state index contributed by atoms with van der Waals surface area (Å²) < 4.78 is 21.5. The highest BCUT2D eigenvalue weighted by Crippen LogP contribution is 2.35. The molecule has 0 saturated heterocycles. The topological polar surface area (TPSA) is 104 Å². The average molecular weight is 547 g/mol. The number of methoxy groups -OCH3 is 2. The fraction of sp³-hybridized carbons (Fsp3) is 0.276. The molecule has 0 aliphatic carbocycles. The zero-order valence-electron chi connectivity index (χ0n) is 22.0. The molecule has 4 aromatic rings. The number of carbonyl (C=O) groups is 1. The number of nitrogens with zero attached hydrogens (tertiary/aromatic N) is 2. The largest absolute Gasteiger partial charge is 0.493 e. The molecule has 1 unspecified atom stereocenters. The van der Waals surface area contributed by atoms with Crippen molar-refractivity contribution in [2.75, 3.05) is 38.2 Å².